The molecule has 8 heteroatoms. The zero-order valence-corrected chi connectivity index (χ0v) is 17.5. The van der Waals surface area contributed by atoms with Crippen molar-refractivity contribution in [2.24, 2.45) is 0 Å². The van der Waals surface area contributed by atoms with Crippen LogP contribution in [0.5, 0.6) is 0 Å². The lowest BCUT2D eigenvalue weighted by molar-refractivity contribution is -0.137. The van der Waals surface area contributed by atoms with E-state index in [4.69, 9.17) is 0 Å². The lowest BCUT2D eigenvalue weighted by atomic mass is 9.75. The van der Waals surface area contributed by atoms with Gasteiger partial charge in [0.1, 0.15) is 12.4 Å². The van der Waals surface area contributed by atoms with Crippen LogP contribution in [0.15, 0.2) is 47.4 Å². The maximum atomic E-state index is 13.9. The molecule has 0 bridgehead atoms. The van der Waals surface area contributed by atoms with Crippen LogP contribution in [0.4, 0.5) is 4.39 Å². The van der Waals surface area contributed by atoms with Gasteiger partial charge < -0.3 is 9.67 Å². The number of halogens is 1. The molecular weight excluding hydrogens is 407 g/mol. The molecule has 4 rings (SSSR count). The highest BCUT2D eigenvalue weighted by molar-refractivity contribution is 7.89. The van der Waals surface area contributed by atoms with Gasteiger partial charge in [0.15, 0.2) is 0 Å². The number of hydrogen-bond donors (Lipinski definition) is 2. The number of carboxylic acid groups (broad SMARTS) is 1. The van der Waals surface area contributed by atoms with Gasteiger partial charge in [0, 0.05) is 22.6 Å². The number of nitrogens with one attached hydrogen (secondary N) is 1. The van der Waals surface area contributed by atoms with Crippen molar-refractivity contribution in [1.29, 1.82) is 0 Å². The van der Waals surface area contributed by atoms with Gasteiger partial charge in [0.05, 0.1) is 4.90 Å². The first-order chi connectivity index (χ1) is 14.2. The van der Waals surface area contributed by atoms with Crippen molar-refractivity contribution >= 4 is 26.9 Å². The minimum absolute atomic E-state index is 0.0371. The molecular formula is C22H23FN2O4S. The summed E-state index contributed by atoms with van der Waals surface area (Å²) in [7, 11) is -3.61. The Morgan fingerprint density at radius 3 is 2.47 bits per heavy atom. The number of nitrogens with zero attached hydrogens (tertiary/aromatic N) is 1. The van der Waals surface area contributed by atoms with Crippen LogP contribution in [-0.2, 0) is 21.4 Å². The van der Waals surface area contributed by atoms with Gasteiger partial charge >= 0.3 is 5.97 Å². The van der Waals surface area contributed by atoms with Crippen LogP contribution >= 0.6 is 0 Å². The van der Waals surface area contributed by atoms with Gasteiger partial charge in [-0.3, -0.25) is 4.79 Å². The maximum Gasteiger partial charge on any atom is 0.323 e. The van der Waals surface area contributed by atoms with Crippen molar-refractivity contribution in [3.05, 3.63) is 65.1 Å². The number of aliphatic carboxylic acids is 1. The van der Waals surface area contributed by atoms with E-state index in [9.17, 15) is 22.7 Å². The minimum Gasteiger partial charge on any atom is -0.480 e. The monoisotopic (exact) mass is 430 g/mol. The van der Waals surface area contributed by atoms with Crippen LogP contribution in [-0.4, -0.2) is 30.1 Å². The third kappa shape index (κ3) is 3.73. The quantitative estimate of drug-likeness (QED) is 0.624. The Morgan fingerprint density at radius 1 is 1.17 bits per heavy atom. The van der Waals surface area contributed by atoms with Crippen LogP contribution < -0.4 is 4.72 Å². The normalized spacial score (nSPS) is 19.0. The minimum atomic E-state index is -3.61. The summed E-state index contributed by atoms with van der Waals surface area (Å²) in [5, 5.41) is 9.94. The summed E-state index contributed by atoms with van der Waals surface area (Å²) < 4.78 is 43.5. The lowest BCUT2D eigenvalue weighted by Gasteiger charge is -2.36. The smallest absolute Gasteiger partial charge is 0.323 e. The van der Waals surface area contributed by atoms with Crippen LogP contribution in [0.2, 0.25) is 0 Å². The Hall–Kier alpha value is -2.71. The predicted octanol–water partition coefficient (Wildman–Crippen LogP) is 3.71. The van der Waals surface area contributed by atoms with Crippen molar-refractivity contribution in [3.8, 4) is 0 Å². The largest absolute Gasteiger partial charge is 0.480 e. The van der Waals surface area contributed by atoms with Gasteiger partial charge in [-0.25, -0.2) is 17.5 Å². The summed E-state index contributed by atoms with van der Waals surface area (Å²) >= 11 is 0. The van der Waals surface area contributed by atoms with Crippen LogP contribution in [0.25, 0.3) is 10.9 Å². The summed E-state index contributed by atoms with van der Waals surface area (Å²) in [6.07, 6.45) is 1.16. The predicted molar refractivity (Wildman–Crippen MR) is 112 cm³/mol. The molecule has 158 valence electrons. The zero-order valence-electron chi connectivity index (χ0n) is 16.7. The molecule has 0 amide bonds. The van der Waals surface area contributed by atoms with Gasteiger partial charge in [-0.15, -0.1) is 0 Å². The number of fused-ring (bicyclic) bond motifs is 1. The van der Waals surface area contributed by atoms with Crippen molar-refractivity contribution in [1.82, 2.24) is 9.29 Å². The second-order valence-corrected chi connectivity index (χ2v) is 9.65. The standard InChI is InChI=1S/C22H23FN2O4S/c1-13-3-6-18(7-4-13)30(28,29)24-17-9-15(10-17)22-14(2)25(12-21(26)27)20-8-5-16(23)11-19(20)22/h3-8,11,15,17,24H,9-10,12H2,1-2H3,(H,26,27). The number of aromatic nitrogens is 1. The van der Waals surface area contributed by atoms with Crippen LogP contribution in [0.3, 0.4) is 0 Å². The van der Waals surface area contributed by atoms with Crippen molar-refractivity contribution in [2.45, 2.75) is 50.1 Å². The molecule has 1 aliphatic carbocycles. The van der Waals surface area contributed by atoms with E-state index in [0.29, 0.717) is 23.7 Å². The van der Waals surface area contributed by atoms with E-state index in [2.05, 4.69) is 4.72 Å². The first kappa shape index (κ1) is 20.6. The molecule has 0 atom stereocenters. The summed E-state index contributed by atoms with van der Waals surface area (Å²) in [6.45, 7) is 3.52. The van der Waals surface area contributed by atoms with Crippen LogP contribution in [0.1, 0.15) is 35.6 Å². The molecule has 3 aromatic rings. The highest BCUT2D eigenvalue weighted by Gasteiger charge is 2.36. The number of carboxylic acids is 1. The lowest BCUT2D eigenvalue weighted by Crippen LogP contribution is -2.43. The number of rotatable bonds is 6. The Balaban J connectivity index is 1.57. The van der Waals surface area contributed by atoms with Crippen molar-refractivity contribution in [3.63, 3.8) is 0 Å². The second-order valence-electron chi connectivity index (χ2n) is 7.94. The van der Waals surface area contributed by atoms with Gasteiger partial charge in [-0.2, -0.15) is 0 Å². The first-order valence-electron chi connectivity index (χ1n) is 9.75. The van der Waals surface area contributed by atoms with E-state index in [1.54, 1.807) is 34.9 Å². The van der Waals surface area contributed by atoms with Gasteiger partial charge in [-0.05, 0) is 68.5 Å². The van der Waals surface area contributed by atoms with E-state index in [0.717, 1.165) is 16.8 Å². The maximum absolute atomic E-state index is 13.9. The summed E-state index contributed by atoms with van der Waals surface area (Å²) in [5.41, 5.74) is 3.34. The number of sulfonamides is 1. The van der Waals surface area contributed by atoms with Gasteiger partial charge in [-0.1, -0.05) is 17.7 Å². The average molecular weight is 431 g/mol. The second kappa shape index (κ2) is 7.52. The number of hydrogen-bond acceptors (Lipinski definition) is 3. The molecule has 0 spiro atoms. The molecule has 30 heavy (non-hydrogen) atoms. The third-order valence-electron chi connectivity index (χ3n) is 5.83. The Kier molecular flexibility index (Phi) is 5.15. The molecule has 1 saturated carbocycles. The molecule has 1 aromatic heterocycles. The Bertz CT molecular complexity index is 1230. The molecule has 1 aliphatic rings. The average Bonchev–Trinajstić information content (AvgIpc) is 2.89. The molecule has 2 aromatic carbocycles. The molecule has 0 saturated heterocycles. The number of carbonyl (C=O) groups is 1. The molecule has 2 N–H and O–H groups in total. The van der Waals surface area contributed by atoms with E-state index >= 15 is 0 Å². The fourth-order valence-electron chi connectivity index (χ4n) is 4.29. The number of benzene rings is 2. The summed E-state index contributed by atoms with van der Waals surface area (Å²) in [6, 6.07) is 10.8. The zero-order chi connectivity index (χ0) is 21.6. The third-order valence-corrected chi connectivity index (χ3v) is 7.36. The Labute approximate surface area is 174 Å². The summed E-state index contributed by atoms with van der Waals surface area (Å²) in [4.78, 5) is 11.5. The number of aryl methyl sites for hydroxylation is 1. The molecule has 1 fully saturated rings. The topological polar surface area (TPSA) is 88.4 Å². The Morgan fingerprint density at radius 2 is 1.83 bits per heavy atom. The van der Waals surface area contributed by atoms with E-state index in [1.807, 2.05) is 13.8 Å². The summed E-state index contributed by atoms with van der Waals surface area (Å²) in [5.74, 6) is -1.31. The SMILES string of the molecule is Cc1ccc(S(=O)(=O)NC2CC(c3c(C)n(CC(=O)O)c4ccc(F)cc34)C2)cc1. The van der Waals surface area contributed by atoms with Gasteiger partial charge in [0.2, 0.25) is 10.0 Å². The fourth-order valence-corrected chi connectivity index (χ4v) is 5.55. The van der Waals surface area contributed by atoms with Gasteiger partial charge in [0.25, 0.3) is 0 Å². The van der Waals surface area contributed by atoms with E-state index in [-0.39, 0.29) is 29.2 Å². The van der Waals surface area contributed by atoms with E-state index < -0.39 is 16.0 Å². The van der Waals surface area contributed by atoms with Crippen LogP contribution in [0, 0.1) is 19.7 Å². The van der Waals surface area contributed by atoms with E-state index in [1.165, 1.54) is 12.1 Å². The van der Waals surface area contributed by atoms with Crippen molar-refractivity contribution in [2.75, 3.05) is 0 Å². The highest BCUT2D eigenvalue weighted by Crippen LogP contribution is 2.43. The highest BCUT2D eigenvalue weighted by atomic mass is 32.2. The van der Waals surface area contributed by atoms with Crippen molar-refractivity contribution < 1.29 is 22.7 Å². The molecule has 0 unspecified atom stereocenters. The fraction of sp³-hybridized carbons (Fsp3) is 0.318. The molecule has 0 aliphatic heterocycles. The molecule has 1 heterocycles. The first-order valence-corrected chi connectivity index (χ1v) is 11.2. The molecule has 6 nitrogen and oxygen atoms in total. The molecule has 0 radical (unpaired) electrons.